The molecule has 0 aliphatic rings. The first-order chi connectivity index (χ1) is 9.35. The molecule has 1 aromatic heterocycles. The lowest BCUT2D eigenvalue weighted by molar-refractivity contribution is -0.687. The van der Waals surface area contributed by atoms with Crippen molar-refractivity contribution in [2.75, 3.05) is 0 Å². The molecule has 1 nitrogen and oxygen atoms in total. The number of hydrogen-bond acceptors (Lipinski definition) is 0. The van der Waals surface area contributed by atoms with Crippen molar-refractivity contribution in [3.63, 3.8) is 0 Å². The molecule has 0 amide bonds. The lowest BCUT2D eigenvalue weighted by Crippen LogP contribution is -2.33. The fourth-order valence-corrected chi connectivity index (χ4v) is 2.37. The number of aryl methyl sites for hydroxylation is 1. The molecule has 3 rings (SSSR count). The fraction of sp³-hybridized carbons (Fsp3) is 0.167. The molecule has 19 heavy (non-hydrogen) atoms. The molecule has 0 radical (unpaired) electrons. The quantitative estimate of drug-likeness (QED) is 0.622. The van der Waals surface area contributed by atoms with Crippen molar-refractivity contribution < 1.29 is 4.57 Å². The Kier molecular flexibility index (Phi) is 3.28. The van der Waals surface area contributed by atoms with E-state index in [0.29, 0.717) is 0 Å². The number of benzene rings is 2. The van der Waals surface area contributed by atoms with Crippen molar-refractivity contribution in [3.8, 4) is 0 Å². The van der Waals surface area contributed by atoms with Crippen molar-refractivity contribution >= 4 is 10.8 Å². The summed E-state index contributed by atoms with van der Waals surface area (Å²) in [4.78, 5) is 0. The van der Waals surface area contributed by atoms with Crippen LogP contribution in [-0.4, -0.2) is 0 Å². The van der Waals surface area contributed by atoms with Gasteiger partial charge in [0.05, 0.1) is 0 Å². The number of rotatable bonds is 3. The van der Waals surface area contributed by atoms with Gasteiger partial charge in [-0.1, -0.05) is 49.4 Å². The summed E-state index contributed by atoms with van der Waals surface area (Å²) in [6, 6.07) is 19.5. The van der Waals surface area contributed by atoms with Gasteiger partial charge in [-0.2, -0.15) is 0 Å². The third-order valence-corrected chi connectivity index (χ3v) is 3.54. The summed E-state index contributed by atoms with van der Waals surface area (Å²) < 4.78 is 2.24. The molecule has 3 aromatic rings. The lowest BCUT2D eigenvalue weighted by Gasteiger charge is -2.01. The van der Waals surface area contributed by atoms with Gasteiger partial charge in [0.1, 0.15) is 0 Å². The van der Waals surface area contributed by atoms with Gasteiger partial charge in [-0.05, 0) is 23.4 Å². The first-order valence-electron chi connectivity index (χ1n) is 6.81. The van der Waals surface area contributed by atoms with E-state index < -0.39 is 0 Å². The molecule has 0 unspecified atom stereocenters. The zero-order valence-electron chi connectivity index (χ0n) is 11.2. The van der Waals surface area contributed by atoms with E-state index in [0.717, 1.165) is 13.0 Å². The van der Waals surface area contributed by atoms with Crippen molar-refractivity contribution in [2.45, 2.75) is 19.9 Å². The van der Waals surface area contributed by atoms with Gasteiger partial charge < -0.3 is 0 Å². The van der Waals surface area contributed by atoms with Crippen LogP contribution in [0.5, 0.6) is 0 Å². The Morgan fingerprint density at radius 3 is 2.21 bits per heavy atom. The van der Waals surface area contributed by atoms with E-state index in [4.69, 9.17) is 0 Å². The lowest BCUT2D eigenvalue weighted by atomic mass is 10.1. The van der Waals surface area contributed by atoms with Gasteiger partial charge in [-0.25, -0.2) is 4.57 Å². The smallest absolute Gasteiger partial charge is 0.176 e. The maximum atomic E-state index is 2.24. The van der Waals surface area contributed by atoms with E-state index in [9.17, 15) is 0 Å². The molecule has 94 valence electrons. The number of pyridine rings is 1. The highest BCUT2D eigenvalue weighted by molar-refractivity contribution is 5.80. The minimum Gasteiger partial charge on any atom is -0.200 e. The highest BCUT2D eigenvalue weighted by Gasteiger charge is 2.04. The van der Waals surface area contributed by atoms with Crippen molar-refractivity contribution in [1.82, 2.24) is 0 Å². The van der Waals surface area contributed by atoms with Crippen LogP contribution in [0.1, 0.15) is 18.1 Å². The number of nitrogens with zero attached hydrogens (tertiary/aromatic N) is 1. The molecule has 0 fully saturated rings. The molecule has 0 aliphatic heterocycles. The maximum Gasteiger partial charge on any atom is 0.176 e. The predicted molar refractivity (Wildman–Crippen MR) is 79.1 cm³/mol. The second-order valence-electron chi connectivity index (χ2n) is 4.92. The Hall–Kier alpha value is -2.15. The number of fused-ring (bicyclic) bond motifs is 1. The van der Waals surface area contributed by atoms with Gasteiger partial charge in [-0.15, -0.1) is 0 Å². The summed E-state index contributed by atoms with van der Waals surface area (Å²) >= 11 is 0. The van der Waals surface area contributed by atoms with Crippen LogP contribution in [-0.2, 0) is 13.0 Å². The van der Waals surface area contributed by atoms with Gasteiger partial charge in [-0.3, -0.25) is 0 Å². The van der Waals surface area contributed by atoms with E-state index in [1.165, 1.54) is 21.9 Å². The monoisotopic (exact) mass is 248 g/mol. The molecule has 0 bridgehead atoms. The Labute approximate surface area is 114 Å². The SMILES string of the molecule is CCc1ccc(C[n+]2ccc3ccccc3c2)cc1. The third-order valence-electron chi connectivity index (χ3n) is 3.54. The topological polar surface area (TPSA) is 3.88 Å². The van der Waals surface area contributed by atoms with Crippen LogP contribution in [0.15, 0.2) is 67.0 Å². The summed E-state index contributed by atoms with van der Waals surface area (Å²) in [7, 11) is 0. The van der Waals surface area contributed by atoms with Gasteiger partial charge in [0, 0.05) is 17.0 Å². The summed E-state index contributed by atoms with van der Waals surface area (Å²) in [6.45, 7) is 3.11. The zero-order valence-corrected chi connectivity index (χ0v) is 11.2. The molecule has 0 spiro atoms. The third kappa shape index (κ3) is 2.65. The first kappa shape index (κ1) is 11.9. The second kappa shape index (κ2) is 5.23. The summed E-state index contributed by atoms with van der Waals surface area (Å²) in [5, 5.41) is 2.58. The highest BCUT2D eigenvalue weighted by Crippen LogP contribution is 2.10. The van der Waals surface area contributed by atoms with Crippen molar-refractivity contribution in [1.29, 1.82) is 0 Å². The zero-order chi connectivity index (χ0) is 13.1. The second-order valence-corrected chi connectivity index (χ2v) is 4.92. The van der Waals surface area contributed by atoms with Gasteiger partial charge in [0.25, 0.3) is 0 Å². The van der Waals surface area contributed by atoms with Crippen LogP contribution >= 0.6 is 0 Å². The molecule has 1 heterocycles. The van der Waals surface area contributed by atoms with Crippen molar-refractivity contribution in [3.05, 3.63) is 78.1 Å². The predicted octanol–water partition coefficient (Wildman–Crippen LogP) is 3.74. The Morgan fingerprint density at radius 1 is 0.789 bits per heavy atom. The van der Waals surface area contributed by atoms with Crippen LogP contribution in [0, 0.1) is 0 Å². The van der Waals surface area contributed by atoms with Gasteiger partial charge in [0.15, 0.2) is 18.9 Å². The molecule has 0 atom stereocenters. The maximum absolute atomic E-state index is 2.24. The van der Waals surface area contributed by atoms with E-state index >= 15 is 0 Å². The van der Waals surface area contributed by atoms with Crippen LogP contribution in [0.4, 0.5) is 0 Å². The van der Waals surface area contributed by atoms with Crippen LogP contribution in [0.2, 0.25) is 0 Å². The standard InChI is InChI=1S/C18H18N/c1-2-15-7-9-16(10-8-15)13-19-12-11-17-5-3-4-6-18(17)14-19/h3-12,14H,2,13H2,1H3/q+1. The molecular formula is C18H18N+. The van der Waals surface area contributed by atoms with Crippen molar-refractivity contribution in [2.24, 2.45) is 0 Å². The average molecular weight is 248 g/mol. The molecule has 0 saturated heterocycles. The highest BCUT2D eigenvalue weighted by atomic mass is 14.9. The Balaban J connectivity index is 1.87. The van der Waals surface area contributed by atoms with Crippen LogP contribution in [0.3, 0.4) is 0 Å². The fourth-order valence-electron chi connectivity index (χ4n) is 2.37. The van der Waals surface area contributed by atoms with E-state index in [1.54, 1.807) is 0 Å². The number of hydrogen-bond donors (Lipinski definition) is 0. The molecule has 2 aromatic carbocycles. The largest absolute Gasteiger partial charge is 0.200 e. The summed E-state index contributed by atoms with van der Waals surface area (Å²) in [5.74, 6) is 0. The summed E-state index contributed by atoms with van der Waals surface area (Å²) in [5.41, 5.74) is 2.74. The molecule has 0 aliphatic carbocycles. The average Bonchev–Trinajstić information content (AvgIpc) is 2.48. The molecule has 0 N–H and O–H groups in total. The summed E-state index contributed by atoms with van der Waals surface area (Å²) in [6.07, 6.45) is 5.46. The molecule has 0 saturated carbocycles. The van der Waals surface area contributed by atoms with Crippen LogP contribution < -0.4 is 4.57 Å². The van der Waals surface area contributed by atoms with E-state index in [-0.39, 0.29) is 0 Å². The normalized spacial score (nSPS) is 10.8. The van der Waals surface area contributed by atoms with Crippen LogP contribution in [0.25, 0.3) is 10.8 Å². The van der Waals surface area contributed by atoms with E-state index in [1.807, 2.05) is 0 Å². The number of aromatic nitrogens is 1. The van der Waals surface area contributed by atoms with Gasteiger partial charge in [0.2, 0.25) is 0 Å². The molecular weight excluding hydrogens is 230 g/mol. The minimum absolute atomic E-state index is 0.925. The first-order valence-corrected chi connectivity index (χ1v) is 6.81. The Morgan fingerprint density at radius 2 is 1.47 bits per heavy atom. The minimum atomic E-state index is 0.925. The Bertz CT molecular complexity index is 683. The molecule has 1 heteroatoms. The van der Waals surface area contributed by atoms with Gasteiger partial charge >= 0.3 is 0 Å². The van der Waals surface area contributed by atoms with E-state index in [2.05, 4.69) is 78.5 Å².